The molecule has 1 N–H and O–H groups in total. The summed E-state index contributed by atoms with van der Waals surface area (Å²) in [5.41, 5.74) is 1.71. The van der Waals surface area contributed by atoms with Crippen molar-refractivity contribution in [3.63, 3.8) is 0 Å². The molecule has 5 nitrogen and oxygen atoms in total. The van der Waals surface area contributed by atoms with Gasteiger partial charge in [-0.2, -0.15) is 0 Å². The summed E-state index contributed by atoms with van der Waals surface area (Å²) in [6.45, 7) is 2.15. The SMILES string of the molecule is O=C(Cc1coc2ccc3ccccc3c12)NCCCN1CCCC1=O. The minimum atomic E-state index is -0.0200. The number of benzene rings is 2. The van der Waals surface area contributed by atoms with E-state index in [0.717, 1.165) is 53.2 Å². The van der Waals surface area contributed by atoms with Crippen molar-refractivity contribution < 1.29 is 14.0 Å². The predicted molar refractivity (Wildman–Crippen MR) is 101 cm³/mol. The number of rotatable bonds is 6. The first kappa shape index (κ1) is 16.6. The lowest BCUT2D eigenvalue weighted by molar-refractivity contribution is -0.127. The average Bonchev–Trinajstić information content (AvgIpc) is 3.25. The molecular formula is C21H22N2O3. The molecule has 1 saturated heterocycles. The summed E-state index contributed by atoms with van der Waals surface area (Å²) in [6.07, 6.45) is 4.37. The molecule has 4 rings (SSSR count). The van der Waals surface area contributed by atoms with E-state index in [0.29, 0.717) is 19.4 Å². The van der Waals surface area contributed by atoms with E-state index in [1.54, 1.807) is 6.26 Å². The topological polar surface area (TPSA) is 62.6 Å². The summed E-state index contributed by atoms with van der Waals surface area (Å²) in [4.78, 5) is 25.8. The van der Waals surface area contributed by atoms with Crippen LogP contribution < -0.4 is 5.32 Å². The summed E-state index contributed by atoms with van der Waals surface area (Å²) in [6, 6.07) is 12.1. The van der Waals surface area contributed by atoms with Gasteiger partial charge in [0.2, 0.25) is 11.8 Å². The number of nitrogens with one attached hydrogen (secondary N) is 1. The summed E-state index contributed by atoms with van der Waals surface area (Å²) >= 11 is 0. The van der Waals surface area contributed by atoms with E-state index >= 15 is 0 Å². The monoisotopic (exact) mass is 350 g/mol. The van der Waals surface area contributed by atoms with Gasteiger partial charge in [-0.3, -0.25) is 9.59 Å². The zero-order valence-electron chi connectivity index (χ0n) is 14.7. The van der Waals surface area contributed by atoms with E-state index in [9.17, 15) is 9.59 Å². The number of nitrogens with zero attached hydrogens (tertiary/aromatic N) is 1. The van der Waals surface area contributed by atoms with Crippen molar-refractivity contribution >= 4 is 33.6 Å². The number of carbonyl (C=O) groups is 2. The van der Waals surface area contributed by atoms with Crippen molar-refractivity contribution in [1.29, 1.82) is 0 Å². The second-order valence-corrected chi connectivity index (χ2v) is 6.79. The molecule has 26 heavy (non-hydrogen) atoms. The lowest BCUT2D eigenvalue weighted by Gasteiger charge is -2.15. The van der Waals surface area contributed by atoms with Gasteiger partial charge in [0.15, 0.2) is 0 Å². The molecule has 1 aromatic heterocycles. The second kappa shape index (κ2) is 7.20. The first-order valence-electron chi connectivity index (χ1n) is 9.15. The van der Waals surface area contributed by atoms with Crippen molar-refractivity contribution in [2.45, 2.75) is 25.7 Å². The van der Waals surface area contributed by atoms with Gasteiger partial charge in [0.1, 0.15) is 5.58 Å². The van der Waals surface area contributed by atoms with E-state index in [2.05, 4.69) is 17.4 Å². The van der Waals surface area contributed by atoms with Gasteiger partial charge in [-0.05, 0) is 29.7 Å². The van der Waals surface area contributed by atoms with Crippen molar-refractivity contribution in [3.8, 4) is 0 Å². The number of hydrogen-bond donors (Lipinski definition) is 1. The van der Waals surface area contributed by atoms with E-state index in [1.165, 1.54) is 0 Å². The molecule has 0 bridgehead atoms. The van der Waals surface area contributed by atoms with Gasteiger partial charge in [-0.1, -0.05) is 30.3 Å². The van der Waals surface area contributed by atoms with Crippen LogP contribution in [0.5, 0.6) is 0 Å². The van der Waals surface area contributed by atoms with Gasteiger partial charge in [0.05, 0.1) is 12.7 Å². The largest absolute Gasteiger partial charge is 0.464 e. The van der Waals surface area contributed by atoms with Crippen LogP contribution in [-0.4, -0.2) is 36.3 Å². The quantitative estimate of drug-likeness (QED) is 0.694. The molecule has 0 aliphatic carbocycles. The van der Waals surface area contributed by atoms with Crippen LogP contribution in [0.2, 0.25) is 0 Å². The fraction of sp³-hybridized carbons (Fsp3) is 0.333. The standard InChI is InChI=1S/C21H22N2O3/c24-19(22-10-4-12-23-11-3-7-20(23)25)13-16-14-26-18-9-8-15-5-1-2-6-17(15)21(16)18/h1-2,5-6,8-9,14H,3-4,7,10-13H2,(H,22,24). The highest BCUT2D eigenvalue weighted by molar-refractivity contribution is 6.08. The number of furan rings is 1. The smallest absolute Gasteiger partial charge is 0.224 e. The average molecular weight is 350 g/mol. The molecule has 2 amide bonds. The van der Waals surface area contributed by atoms with Crippen LogP contribution in [0.4, 0.5) is 0 Å². The Morgan fingerprint density at radius 2 is 2.08 bits per heavy atom. The molecule has 1 aliphatic rings. The Morgan fingerprint density at radius 1 is 1.19 bits per heavy atom. The zero-order valence-corrected chi connectivity index (χ0v) is 14.7. The Hall–Kier alpha value is -2.82. The summed E-state index contributed by atoms with van der Waals surface area (Å²) in [5, 5.41) is 6.21. The van der Waals surface area contributed by atoms with Crippen molar-refractivity contribution in [3.05, 3.63) is 48.2 Å². The maximum atomic E-state index is 12.3. The van der Waals surface area contributed by atoms with Crippen LogP contribution in [-0.2, 0) is 16.0 Å². The Bertz CT molecular complexity index is 960. The van der Waals surface area contributed by atoms with Gasteiger partial charge in [-0.15, -0.1) is 0 Å². The third kappa shape index (κ3) is 3.29. The minimum Gasteiger partial charge on any atom is -0.464 e. The van der Waals surface area contributed by atoms with E-state index in [4.69, 9.17) is 4.42 Å². The number of fused-ring (bicyclic) bond motifs is 3. The zero-order chi connectivity index (χ0) is 17.9. The van der Waals surface area contributed by atoms with Crippen LogP contribution in [0, 0.1) is 0 Å². The molecular weight excluding hydrogens is 328 g/mol. The highest BCUT2D eigenvalue weighted by Gasteiger charge is 2.19. The van der Waals surface area contributed by atoms with Crippen LogP contribution in [0.1, 0.15) is 24.8 Å². The first-order chi connectivity index (χ1) is 12.7. The van der Waals surface area contributed by atoms with Crippen molar-refractivity contribution in [2.75, 3.05) is 19.6 Å². The fourth-order valence-corrected chi connectivity index (χ4v) is 3.68. The molecule has 1 fully saturated rings. The van der Waals surface area contributed by atoms with Crippen LogP contribution in [0.25, 0.3) is 21.7 Å². The maximum Gasteiger partial charge on any atom is 0.224 e. The Morgan fingerprint density at radius 3 is 2.92 bits per heavy atom. The molecule has 0 spiro atoms. The molecule has 0 unspecified atom stereocenters. The predicted octanol–water partition coefficient (Wildman–Crippen LogP) is 3.26. The highest BCUT2D eigenvalue weighted by atomic mass is 16.3. The van der Waals surface area contributed by atoms with Crippen LogP contribution in [0.15, 0.2) is 47.1 Å². The van der Waals surface area contributed by atoms with Crippen LogP contribution in [0.3, 0.4) is 0 Å². The molecule has 1 aliphatic heterocycles. The molecule has 2 aromatic carbocycles. The van der Waals surface area contributed by atoms with Gasteiger partial charge in [0.25, 0.3) is 0 Å². The number of carbonyl (C=O) groups excluding carboxylic acids is 2. The molecule has 0 radical (unpaired) electrons. The third-order valence-electron chi connectivity index (χ3n) is 4.99. The van der Waals surface area contributed by atoms with E-state index < -0.39 is 0 Å². The normalized spacial score (nSPS) is 14.5. The van der Waals surface area contributed by atoms with E-state index in [1.807, 2.05) is 29.2 Å². The number of hydrogen-bond acceptors (Lipinski definition) is 3. The molecule has 0 saturated carbocycles. The number of likely N-dealkylation sites (tertiary alicyclic amines) is 1. The second-order valence-electron chi connectivity index (χ2n) is 6.79. The van der Waals surface area contributed by atoms with E-state index in [-0.39, 0.29) is 11.8 Å². The Kier molecular flexibility index (Phi) is 4.61. The highest BCUT2D eigenvalue weighted by Crippen LogP contribution is 2.30. The minimum absolute atomic E-state index is 0.0200. The summed E-state index contributed by atoms with van der Waals surface area (Å²) in [5.74, 6) is 0.210. The third-order valence-corrected chi connectivity index (χ3v) is 4.99. The Balaban J connectivity index is 1.38. The lowest BCUT2D eigenvalue weighted by atomic mass is 10.0. The van der Waals surface area contributed by atoms with Gasteiger partial charge < -0.3 is 14.6 Å². The van der Waals surface area contributed by atoms with Crippen molar-refractivity contribution in [2.24, 2.45) is 0 Å². The molecule has 0 atom stereocenters. The van der Waals surface area contributed by atoms with Gasteiger partial charge in [-0.25, -0.2) is 0 Å². The van der Waals surface area contributed by atoms with Gasteiger partial charge in [0, 0.05) is 37.0 Å². The van der Waals surface area contributed by atoms with Crippen molar-refractivity contribution in [1.82, 2.24) is 10.2 Å². The molecule has 134 valence electrons. The lowest BCUT2D eigenvalue weighted by Crippen LogP contribution is -2.31. The van der Waals surface area contributed by atoms with Gasteiger partial charge >= 0.3 is 0 Å². The Labute approximate surface area is 152 Å². The summed E-state index contributed by atoms with van der Waals surface area (Å²) < 4.78 is 5.64. The first-order valence-corrected chi connectivity index (χ1v) is 9.15. The molecule has 2 heterocycles. The number of amides is 2. The fourth-order valence-electron chi connectivity index (χ4n) is 3.68. The molecule has 5 heteroatoms. The van der Waals surface area contributed by atoms with Crippen LogP contribution >= 0.6 is 0 Å². The maximum absolute atomic E-state index is 12.3. The molecule has 3 aromatic rings. The summed E-state index contributed by atoms with van der Waals surface area (Å²) in [7, 11) is 0.